The largest absolute Gasteiger partial charge is 0.383 e. The second-order valence-corrected chi connectivity index (χ2v) is 9.40. The van der Waals surface area contributed by atoms with Gasteiger partial charge in [0.25, 0.3) is 11.5 Å². The Morgan fingerprint density at radius 2 is 1.85 bits per heavy atom. The summed E-state index contributed by atoms with van der Waals surface area (Å²) in [5, 5.41) is 3.98. The summed E-state index contributed by atoms with van der Waals surface area (Å²) >= 11 is 1.22. The van der Waals surface area contributed by atoms with Gasteiger partial charge >= 0.3 is 0 Å². The maximum absolute atomic E-state index is 13.2. The molecule has 1 aliphatic carbocycles. The van der Waals surface area contributed by atoms with Gasteiger partial charge in [0.1, 0.15) is 0 Å². The van der Waals surface area contributed by atoms with Crippen LogP contribution in [0.4, 0.5) is 0 Å². The standard InChI is InChI=1S/C26H29N3O4S/c1-33-15-14-29-25(32)21-13-12-19(24(31)27-20-10-6-3-7-11-20)16-22(21)28-26(29)34-17-23(30)18-8-4-2-5-9-18/h2,4-5,8-9,12-13,16,20H,3,6-7,10-11,14-15,17H2,1H3,(H,27,31). The van der Waals surface area contributed by atoms with Gasteiger partial charge < -0.3 is 10.1 Å². The Morgan fingerprint density at radius 3 is 2.59 bits per heavy atom. The molecule has 1 N–H and O–H groups in total. The lowest BCUT2D eigenvalue weighted by atomic mass is 9.95. The van der Waals surface area contributed by atoms with E-state index in [4.69, 9.17) is 4.74 Å². The van der Waals surface area contributed by atoms with E-state index in [0.717, 1.165) is 25.7 Å². The van der Waals surface area contributed by atoms with E-state index >= 15 is 0 Å². The second kappa shape index (κ2) is 11.4. The van der Waals surface area contributed by atoms with Crippen molar-refractivity contribution < 1.29 is 14.3 Å². The number of hydrogen-bond acceptors (Lipinski definition) is 6. The zero-order valence-electron chi connectivity index (χ0n) is 19.3. The number of thioether (sulfide) groups is 1. The molecule has 1 fully saturated rings. The molecule has 0 spiro atoms. The number of amides is 1. The van der Waals surface area contributed by atoms with Crippen molar-refractivity contribution in [1.82, 2.24) is 14.9 Å². The molecule has 34 heavy (non-hydrogen) atoms. The average molecular weight is 480 g/mol. The van der Waals surface area contributed by atoms with E-state index in [0.29, 0.717) is 40.3 Å². The molecule has 4 rings (SSSR count). The van der Waals surface area contributed by atoms with Crippen LogP contribution in [-0.4, -0.2) is 46.8 Å². The van der Waals surface area contributed by atoms with Gasteiger partial charge in [0.05, 0.1) is 29.8 Å². The minimum Gasteiger partial charge on any atom is -0.383 e. The molecule has 1 amide bonds. The summed E-state index contributed by atoms with van der Waals surface area (Å²) in [5.41, 5.74) is 1.33. The lowest BCUT2D eigenvalue weighted by Gasteiger charge is -2.22. The van der Waals surface area contributed by atoms with Crippen molar-refractivity contribution in [2.45, 2.75) is 49.8 Å². The Labute approximate surface area is 202 Å². The lowest BCUT2D eigenvalue weighted by Crippen LogP contribution is -2.36. The summed E-state index contributed by atoms with van der Waals surface area (Å²) in [4.78, 5) is 43.3. The zero-order chi connectivity index (χ0) is 23.9. The fraction of sp³-hybridized carbons (Fsp3) is 0.385. The number of ether oxygens (including phenoxy) is 1. The van der Waals surface area contributed by atoms with Gasteiger partial charge in [-0.25, -0.2) is 4.98 Å². The fourth-order valence-corrected chi connectivity index (χ4v) is 5.10. The number of fused-ring (bicyclic) bond motifs is 1. The summed E-state index contributed by atoms with van der Waals surface area (Å²) in [5.74, 6) is -0.0389. The fourth-order valence-electron chi connectivity index (χ4n) is 4.18. The average Bonchev–Trinajstić information content (AvgIpc) is 2.87. The molecule has 1 heterocycles. The molecule has 8 heteroatoms. The van der Waals surface area contributed by atoms with Crippen molar-refractivity contribution in [2.75, 3.05) is 19.5 Å². The minimum atomic E-state index is -0.212. The number of carbonyl (C=O) groups excluding carboxylic acids is 2. The first-order valence-corrected chi connectivity index (χ1v) is 12.6. The van der Waals surface area contributed by atoms with Crippen LogP contribution in [0.5, 0.6) is 0 Å². The smallest absolute Gasteiger partial charge is 0.262 e. The monoisotopic (exact) mass is 479 g/mol. The molecule has 178 valence electrons. The Bertz CT molecular complexity index is 1220. The van der Waals surface area contributed by atoms with Crippen molar-refractivity contribution in [1.29, 1.82) is 0 Å². The van der Waals surface area contributed by atoms with Gasteiger partial charge in [-0.2, -0.15) is 0 Å². The SMILES string of the molecule is COCCn1c(SCC(=O)c2ccccc2)nc2cc(C(=O)NC3CCCCC3)ccc2c1=O. The number of Topliss-reactive ketones (excluding diaryl/α,β-unsaturated/α-hetero) is 1. The van der Waals surface area contributed by atoms with E-state index in [9.17, 15) is 14.4 Å². The molecular formula is C26H29N3O4S. The summed E-state index contributed by atoms with van der Waals surface area (Å²) in [7, 11) is 1.57. The normalized spacial score (nSPS) is 14.3. The summed E-state index contributed by atoms with van der Waals surface area (Å²) in [6.07, 6.45) is 5.48. The van der Waals surface area contributed by atoms with Gasteiger partial charge in [0, 0.05) is 24.3 Å². The number of benzene rings is 2. The third kappa shape index (κ3) is 5.74. The Hall–Kier alpha value is -2.97. The van der Waals surface area contributed by atoms with E-state index in [2.05, 4.69) is 10.3 Å². The third-order valence-electron chi connectivity index (χ3n) is 6.07. The van der Waals surface area contributed by atoms with Crippen molar-refractivity contribution in [3.8, 4) is 0 Å². The highest BCUT2D eigenvalue weighted by Gasteiger charge is 2.19. The molecule has 1 aromatic heterocycles. The molecule has 1 saturated carbocycles. The van der Waals surface area contributed by atoms with Gasteiger partial charge in [-0.15, -0.1) is 0 Å². The predicted molar refractivity (Wildman–Crippen MR) is 134 cm³/mol. The molecule has 1 aliphatic rings. The van der Waals surface area contributed by atoms with Crippen LogP contribution in [0.25, 0.3) is 10.9 Å². The number of nitrogens with zero attached hydrogens (tertiary/aromatic N) is 2. The van der Waals surface area contributed by atoms with Crippen LogP contribution < -0.4 is 10.9 Å². The molecule has 0 unspecified atom stereocenters. The quantitative estimate of drug-likeness (QED) is 0.283. The number of nitrogens with one attached hydrogen (secondary N) is 1. The van der Waals surface area contributed by atoms with Crippen LogP contribution in [0.1, 0.15) is 52.8 Å². The minimum absolute atomic E-state index is 0.0427. The van der Waals surface area contributed by atoms with Crippen LogP contribution >= 0.6 is 11.8 Å². The highest BCUT2D eigenvalue weighted by atomic mass is 32.2. The molecule has 2 aromatic carbocycles. The summed E-state index contributed by atoms with van der Waals surface area (Å²) < 4.78 is 6.71. The van der Waals surface area contributed by atoms with Crippen molar-refractivity contribution in [2.24, 2.45) is 0 Å². The Balaban J connectivity index is 1.61. The predicted octanol–water partition coefficient (Wildman–Crippen LogP) is 4.08. The van der Waals surface area contributed by atoms with E-state index < -0.39 is 0 Å². The van der Waals surface area contributed by atoms with E-state index in [1.165, 1.54) is 22.7 Å². The first kappa shape index (κ1) is 24.2. The molecule has 7 nitrogen and oxygen atoms in total. The van der Waals surface area contributed by atoms with Crippen LogP contribution in [-0.2, 0) is 11.3 Å². The Morgan fingerprint density at radius 1 is 1.09 bits per heavy atom. The summed E-state index contributed by atoms with van der Waals surface area (Å²) in [6.45, 7) is 0.666. The number of rotatable bonds is 9. The number of methoxy groups -OCH3 is 1. The molecule has 3 aromatic rings. The topological polar surface area (TPSA) is 90.3 Å². The highest BCUT2D eigenvalue weighted by molar-refractivity contribution is 7.99. The number of ketones is 1. The number of aromatic nitrogens is 2. The first-order valence-electron chi connectivity index (χ1n) is 11.6. The van der Waals surface area contributed by atoms with Gasteiger partial charge in [0.2, 0.25) is 0 Å². The van der Waals surface area contributed by atoms with E-state index in [1.807, 2.05) is 18.2 Å². The van der Waals surface area contributed by atoms with Gasteiger partial charge in [0.15, 0.2) is 10.9 Å². The first-order chi connectivity index (χ1) is 16.6. The van der Waals surface area contributed by atoms with E-state index in [-0.39, 0.29) is 29.0 Å². The van der Waals surface area contributed by atoms with Crippen LogP contribution in [0, 0.1) is 0 Å². The maximum Gasteiger partial charge on any atom is 0.262 e. The molecule has 0 radical (unpaired) electrons. The Kier molecular flexibility index (Phi) is 8.13. The van der Waals surface area contributed by atoms with Crippen LogP contribution in [0.3, 0.4) is 0 Å². The van der Waals surface area contributed by atoms with E-state index in [1.54, 1.807) is 37.4 Å². The van der Waals surface area contributed by atoms with Gasteiger partial charge in [-0.3, -0.25) is 19.0 Å². The molecule has 0 saturated heterocycles. The second-order valence-electron chi connectivity index (χ2n) is 8.46. The molecule has 0 bridgehead atoms. The highest BCUT2D eigenvalue weighted by Crippen LogP contribution is 2.21. The van der Waals surface area contributed by atoms with Crippen molar-refractivity contribution in [3.05, 3.63) is 70.0 Å². The number of carbonyl (C=O) groups is 2. The van der Waals surface area contributed by atoms with Crippen LogP contribution in [0.2, 0.25) is 0 Å². The summed E-state index contributed by atoms with van der Waals surface area (Å²) in [6, 6.07) is 14.2. The lowest BCUT2D eigenvalue weighted by molar-refractivity contribution is 0.0927. The van der Waals surface area contributed by atoms with Crippen molar-refractivity contribution in [3.63, 3.8) is 0 Å². The third-order valence-corrected chi connectivity index (χ3v) is 7.05. The number of hydrogen-bond donors (Lipinski definition) is 1. The van der Waals surface area contributed by atoms with Gasteiger partial charge in [-0.05, 0) is 31.0 Å². The van der Waals surface area contributed by atoms with Crippen molar-refractivity contribution >= 4 is 34.4 Å². The zero-order valence-corrected chi connectivity index (χ0v) is 20.1. The maximum atomic E-state index is 13.2. The molecular weight excluding hydrogens is 450 g/mol. The molecule has 0 atom stereocenters. The molecule has 0 aliphatic heterocycles. The van der Waals surface area contributed by atoms with Gasteiger partial charge in [-0.1, -0.05) is 61.4 Å². The van der Waals surface area contributed by atoms with Crippen LogP contribution in [0.15, 0.2) is 58.5 Å².